The van der Waals surface area contributed by atoms with E-state index in [-0.39, 0.29) is 22.9 Å². The highest BCUT2D eigenvalue weighted by Gasteiger charge is 2.25. The molecular weight excluding hydrogens is 667 g/mol. The van der Waals surface area contributed by atoms with Crippen LogP contribution >= 0.6 is 0 Å². The molecule has 5 aromatic rings. The summed E-state index contributed by atoms with van der Waals surface area (Å²) in [5.41, 5.74) is 2.81. The Hall–Kier alpha value is -5.60. The molecule has 3 aromatic heterocycles. The minimum absolute atomic E-state index is 0.0420. The lowest BCUT2D eigenvalue weighted by Gasteiger charge is -2.33. The van der Waals surface area contributed by atoms with E-state index >= 15 is 0 Å². The summed E-state index contributed by atoms with van der Waals surface area (Å²) in [4.78, 5) is 42.7. The number of anilines is 3. The number of fused-ring (bicyclic) bond motifs is 1. The number of likely N-dealkylation sites (tertiary alicyclic amines) is 1. The maximum atomic E-state index is 13.2. The summed E-state index contributed by atoms with van der Waals surface area (Å²) in [6.07, 6.45) is 9.49. The summed E-state index contributed by atoms with van der Waals surface area (Å²) in [5.74, 6) is 0.359. The Kier molecular flexibility index (Phi) is 12.1. The first-order chi connectivity index (χ1) is 24.7. The van der Waals surface area contributed by atoms with Gasteiger partial charge >= 0.3 is 6.03 Å². The maximum Gasteiger partial charge on any atom is 0.321 e. The van der Waals surface area contributed by atoms with E-state index in [1.165, 1.54) is 22.6 Å². The maximum absolute atomic E-state index is 13.2. The molecule has 1 saturated heterocycles. The lowest BCUT2D eigenvalue weighted by Crippen LogP contribution is -2.46. The molecule has 51 heavy (non-hydrogen) atoms. The average molecular weight is 710 g/mol. The van der Waals surface area contributed by atoms with Gasteiger partial charge in [0.25, 0.3) is 10.0 Å². The fraction of sp³-hybridized carbons (Fsp3) is 0.270. The van der Waals surface area contributed by atoms with Gasteiger partial charge in [-0.05, 0) is 69.4 Å². The molecule has 0 radical (unpaired) electrons. The third-order valence-electron chi connectivity index (χ3n) is 7.94. The third kappa shape index (κ3) is 9.35. The van der Waals surface area contributed by atoms with Crippen LogP contribution in [0.3, 0.4) is 0 Å². The lowest BCUT2D eigenvalue weighted by molar-refractivity contribution is -0.111. The van der Waals surface area contributed by atoms with Crippen molar-refractivity contribution in [3.63, 3.8) is 0 Å². The van der Waals surface area contributed by atoms with Crippen LogP contribution in [-0.4, -0.2) is 88.9 Å². The Balaban J connectivity index is 0.00000248. The van der Waals surface area contributed by atoms with Gasteiger partial charge in [0, 0.05) is 72.5 Å². The minimum Gasteiger partial charge on any atom is -0.365 e. The van der Waals surface area contributed by atoms with Gasteiger partial charge in [-0.2, -0.15) is 0 Å². The fourth-order valence-electron chi connectivity index (χ4n) is 5.55. The van der Waals surface area contributed by atoms with Gasteiger partial charge in [0.2, 0.25) is 5.91 Å². The molecule has 1 unspecified atom stereocenters. The number of carbonyl (C=O) groups is 2. The van der Waals surface area contributed by atoms with Crippen LogP contribution in [0.2, 0.25) is 0 Å². The lowest BCUT2D eigenvalue weighted by atomic mass is 10.1. The van der Waals surface area contributed by atoms with Crippen LogP contribution in [-0.2, 0) is 14.8 Å². The van der Waals surface area contributed by atoms with Gasteiger partial charge in [-0.15, -0.1) is 0 Å². The number of nitrogens with zero attached hydrogens (tertiary/aromatic N) is 6. The van der Waals surface area contributed by atoms with Crippen molar-refractivity contribution in [1.82, 2.24) is 28.7 Å². The van der Waals surface area contributed by atoms with E-state index in [0.717, 1.165) is 12.8 Å². The van der Waals surface area contributed by atoms with Crippen LogP contribution in [0, 0.1) is 0 Å². The largest absolute Gasteiger partial charge is 0.365 e. The molecule has 6 rings (SSSR count). The number of nitrogens with one attached hydrogen (secondary N) is 3. The van der Waals surface area contributed by atoms with Gasteiger partial charge in [0.1, 0.15) is 12.1 Å². The van der Waals surface area contributed by atoms with Gasteiger partial charge in [0.15, 0.2) is 5.65 Å². The summed E-state index contributed by atoms with van der Waals surface area (Å²) in [6, 6.07) is 20.4. The third-order valence-corrected chi connectivity index (χ3v) is 9.62. The highest BCUT2D eigenvalue weighted by atomic mass is 32.2. The van der Waals surface area contributed by atoms with Crippen molar-refractivity contribution >= 4 is 50.2 Å². The Morgan fingerprint density at radius 3 is 2.47 bits per heavy atom. The minimum atomic E-state index is -3.80. The SMILES string of the molecule is CC.CN(C)C/C=C/C(=O)Nc1cccc(NC(=O)N2CCCC(Nc3cc(-c4cnc5c(ccn5S(=O)(=O)c5ccccc5)c4)ncn3)C2)c1. The van der Waals surface area contributed by atoms with E-state index < -0.39 is 10.0 Å². The molecule has 266 valence electrons. The molecule has 3 amide bonds. The van der Waals surface area contributed by atoms with E-state index in [2.05, 4.69) is 30.9 Å². The molecule has 14 heteroatoms. The number of carbonyl (C=O) groups excluding carboxylic acids is 2. The summed E-state index contributed by atoms with van der Waals surface area (Å²) >= 11 is 0. The highest BCUT2D eigenvalue weighted by Crippen LogP contribution is 2.26. The van der Waals surface area contributed by atoms with Crippen molar-refractivity contribution in [3.05, 3.63) is 104 Å². The zero-order valence-electron chi connectivity index (χ0n) is 29.2. The molecule has 2 aromatic carbocycles. The number of hydrogen-bond acceptors (Lipinski definition) is 9. The first kappa shape index (κ1) is 36.7. The van der Waals surface area contributed by atoms with Crippen molar-refractivity contribution in [3.8, 4) is 11.3 Å². The molecule has 1 aliphatic heterocycles. The Morgan fingerprint density at radius 1 is 0.941 bits per heavy atom. The number of urea groups is 1. The Morgan fingerprint density at radius 2 is 1.71 bits per heavy atom. The summed E-state index contributed by atoms with van der Waals surface area (Å²) < 4.78 is 27.6. The van der Waals surface area contributed by atoms with Crippen LogP contribution in [0.5, 0.6) is 0 Å². The van der Waals surface area contributed by atoms with E-state index in [1.54, 1.807) is 77.8 Å². The first-order valence-corrected chi connectivity index (χ1v) is 18.2. The number of pyridine rings is 1. The zero-order valence-corrected chi connectivity index (χ0v) is 30.0. The molecule has 0 saturated carbocycles. The van der Waals surface area contributed by atoms with Crippen molar-refractivity contribution in [1.29, 1.82) is 0 Å². The van der Waals surface area contributed by atoms with Gasteiger partial charge in [0.05, 0.1) is 10.6 Å². The normalized spacial score (nSPS) is 14.6. The van der Waals surface area contributed by atoms with E-state index in [0.29, 0.717) is 59.1 Å². The van der Waals surface area contributed by atoms with Crippen LogP contribution in [0.15, 0.2) is 109 Å². The summed E-state index contributed by atoms with van der Waals surface area (Å²) in [5, 5.41) is 9.86. The molecular formula is C37H43N9O4S. The second kappa shape index (κ2) is 16.9. The number of hydrogen-bond donors (Lipinski definition) is 3. The highest BCUT2D eigenvalue weighted by molar-refractivity contribution is 7.90. The quantitative estimate of drug-likeness (QED) is 0.150. The van der Waals surface area contributed by atoms with E-state index in [4.69, 9.17) is 0 Å². The monoisotopic (exact) mass is 709 g/mol. The predicted molar refractivity (Wildman–Crippen MR) is 201 cm³/mol. The molecule has 1 atom stereocenters. The number of amides is 3. The number of rotatable bonds is 10. The van der Waals surface area contributed by atoms with Crippen LogP contribution in [0.25, 0.3) is 22.3 Å². The predicted octanol–water partition coefficient (Wildman–Crippen LogP) is 5.92. The zero-order chi connectivity index (χ0) is 36.4. The topological polar surface area (TPSA) is 154 Å². The van der Waals surface area contributed by atoms with Crippen LogP contribution in [0.4, 0.5) is 22.0 Å². The molecule has 13 nitrogen and oxygen atoms in total. The van der Waals surface area contributed by atoms with E-state index in [9.17, 15) is 18.0 Å². The van der Waals surface area contributed by atoms with Gasteiger partial charge < -0.3 is 25.8 Å². The van der Waals surface area contributed by atoms with Crippen LogP contribution in [0.1, 0.15) is 26.7 Å². The summed E-state index contributed by atoms with van der Waals surface area (Å²) in [7, 11) is 0.0525. The molecule has 4 heterocycles. The second-order valence-electron chi connectivity index (χ2n) is 11.9. The number of benzene rings is 2. The fourth-order valence-corrected chi connectivity index (χ4v) is 6.88. The standard InChI is InChI=1S/C35H37N9O4S.C2H6/c1-42(2)16-8-14-33(45)40-27-9-6-10-28(20-27)41-35(46)43-17-7-11-29(23-43)39-32-21-31(37-24-38-32)26-19-25-15-18-44(34(25)36-22-26)49(47,48)30-12-4-3-5-13-30;1-2/h3-6,8-10,12-15,18-22,24,29H,7,11,16-17,23H2,1-2H3,(H,40,45)(H,41,46)(H,37,38,39);1-2H3/b14-8+;. The van der Waals surface area contributed by atoms with Crippen LogP contribution < -0.4 is 16.0 Å². The van der Waals surface area contributed by atoms with Crippen molar-refractivity contribution in [2.45, 2.75) is 37.6 Å². The van der Waals surface area contributed by atoms with Crippen molar-refractivity contribution in [2.24, 2.45) is 0 Å². The Bertz CT molecular complexity index is 2100. The molecule has 1 fully saturated rings. The van der Waals surface area contributed by atoms with Gasteiger partial charge in [-0.25, -0.2) is 32.1 Å². The molecule has 0 spiro atoms. The molecule has 1 aliphatic rings. The van der Waals surface area contributed by atoms with Gasteiger partial charge in [-0.3, -0.25) is 4.79 Å². The summed E-state index contributed by atoms with van der Waals surface area (Å²) in [6.45, 7) is 5.73. The van der Waals surface area contributed by atoms with Crippen molar-refractivity contribution in [2.75, 3.05) is 49.7 Å². The van der Waals surface area contributed by atoms with Crippen molar-refractivity contribution < 1.29 is 18.0 Å². The molecule has 0 aliphatic carbocycles. The molecule has 3 N–H and O–H groups in total. The smallest absolute Gasteiger partial charge is 0.321 e. The van der Waals surface area contributed by atoms with Gasteiger partial charge in [-0.1, -0.05) is 44.2 Å². The number of aromatic nitrogens is 4. The average Bonchev–Trinajstić information content (AvgIpc) is 3.58. The van der Waals surface area contributed by atoms with E-state index in [1.807, 2.05) is 45.0 Å². The number of piperidine rings is 1. The Labute approximate surface area is 298 Å². The second-order valence-corrected chi connectivity index (χ2v) is 13.8. The number of likely N-dealkylation sites (N-methyl/N-ethyl adjacent to an activating group) is 1. The molecule has 0 bridgehead atoms. The first-order valence-electron chi connectivity index (χ1n) is 16.8.